The van der Waals surface area contributed by atoms with E-state index in [1.165, 1.54) is 6.42 Å². The number of carbonyl (C=O) groups is 1. The Morgan fingerprint density at radius 3 is 3.00 bits per heavy atom. The summed E-state index contributed by atoms with van der Waals surface area (Å²) in [6.07, 6.45) is 3.54. The molecule has 21 heavy (non-hydrogen) atoms. The summed E-state index contributed by atoms with van der Waals surface area (Å²) >= 11 is 9.48. The summed E-state index contributed by atoms with van der Waals surface area (Å²) in [5, 5.41) is 6.64. The van der Waals surface area contributed by atoms with Crippen LogP contribution >= 0.6 is 27.5 Å². The first-order valence-electron chi connectivity index (χ1n) is 7.23. The molecule has 6 heteroatoms. The SMILES string of the molecule is CNCC1CCCCN1CC(=O)Nc1ccc(Br)cc1Cl. The summed E-state index contributed by atoms with van der Waals surface area (Å²) in [5.74, 6) is -0.0118. The molecule has 4 nitrogen and oxygen atoms in total. The van der Waals surface area contributed by atoms with Crippen molar-refractivity contribution >= 4 is 39.1 Å². The third-order valence-corrected chi connectivity index (χ3v) is 4.55. The van der Waals surface area contributed by atoms with E-state index in [-0.39, 0.29) is 5.91 Å². The number of hydrogen-bond acceptors (Lipinski definition) is 3. The second kappa shape index (κ2) is 8.13. The Labute approximate surface area is 139 Å². The van der Waals surface area contributed by atoms with E-state index in [2.05, 4.69) is 31.5 Å². The number of halogens is 2. The molecule has 0 aliphatic carbocycles. The number of nitrogens with one attached hydrogen (secondary N) is 2. The molecule has 1 unspecified atom stereocenters. The van der Waals surface area contributed by atoms with Gasteiger partial charge < -0.3 is 10.6 Å². The van der Waals surface area contributed by atoms with E-state index in [9.17, 15) is 4.79 Å². The zero-order valence-corrected chi connectivity index (χ0v) is 14.5. The minimum absolute atomic E-state index is 0.0118. The maximum Gasteiger partial charge on any atom is 0.238 e. The van der Waals surface area contributed by atoms with Gasteiger partial charge in [0.25, 0.3) is 0 Å². The number of likely N-dealkylation sites (tertiary alicyclic amines) is 1. The second-order valence-corrected chi connectivity index (χ2v) is 6.67. The molecule has 1 fully saturated rings. The standard InChI is InChI=1S/C15H21BrClN3O/c1-18-9-12-4-2-3-7-20(12)10-15(21)19-14-6-5-11(16)8-13(14)17/h5-6,8,12,18H,2-4,7,9-10H2,1H3,(H,19,21). The molecule has 1 heterocycles. The number of likely N-dealkylation sites (N-methyl/N-ethyl adjacent to an activating group) is 1. The van der Waals surface area contributed by atoms with Gasteiger partial charge in [0.1, 0.15) is 0 Å². The molecule has 1 aromatic rings. The van der Waals surface area contributed by atoms with Gasteiger partial charge in [-0.3, -0.25) is 9.69 Å². The van der Waals surface area contributed by atoms with Crippen LogP contribution in [0.5, 0.6) is 0 Å². The predicted octanol–water partition coefficient (Wildman–Crippen LogP) is 3.11. The highest BCUT2D eigenvalue weighted by molar-refractivity contribution is 9.10. The normalized spacial score (nSPS) is 19.5. The maximum atomic E-state index is 12.2. The second-order valence-electron chi connectivity index (χ2n) is 5.35. The minimum Gasteiger partial charge on any atom is -0.324 e. The largest absolute Gasteiger partial charge is 0.324 e. The Balaban J connectivity index is 1.93. The van der Waals surface area contributed by atoms with E-state index in [1.54, 1.807) is 6.07 Å². The first kappa shape index (κ1) is 16.7. The number of amides is 1. The summed E-state index contributed by atoms with van der Waals surface area (Å²) in [6.45, 7) is 2.32. The lowest BCUT2D eigenvalue weighted by Gasteiger charge is -2.35. The van der Waals surface area contributed by atoms with Crippen LogP contribution in [0.4, 0.5) is 5.69 Å². The number of anilines is 1. The van der Waals surface area contributed by atoms with Crippen LogP contribution < -0.4 is 10.6 Å². The van der Waals surface area contributed by atoms with Gasteiger partial charge in [-0.25, -0.2) is 0 Å². The van der Waals surface area contributed by atoms with Gasteiger partial charge in [0.2, 0.25) is 5.91 Å². The van der Waals surface area contributed by atoms with E-state index in [1.807, 2.05) is 19.2 Å². The van der Waals surface area contributed by atoms with E-state index < -0.39 is 0 Å². The number of hydrogen-bond donors (Lipinski definition) is 2. The van der Waals surface area contributed by atoms with Crippen molar-refractivity contribution in [2.75, 3.05) is 32.0 Å². The van der Waals surface area contributed by atoms with E-state index in [0.717, 1.165) is 30.4 Å². The quantitative estimate of drug-likeness (QED) is 0.832. The molecule has 2 rings (SSSR count). The minimum atomic E-state index is -0.0118. The van der Waals surface area contributed by atoms with Crippen LogP contribution in [0.25, 0.3) is 0 Å². The van der Waals surface area contributed by atoms with Crippen molar-refractivity contribution in [1.82, 2.24) is 10.2 Å². The Hall–Kier alpha value is -0.620. The van der Waals surface area contributed by atoms with Gasteiger partial charge in [-0.2, -0.15) is 0 Å². The molecule has 0 aromatic heterocycles. The molecule has 116 valence electrons. The smallest absolute Gasteiger partial charge is 0.238 e. The molecule has 1 saturated heterocycles. The topological polar surface area (TPSA) is 44.4 Å². The first-order chi connectivity index (χ1) is 10.1. The van der Waals surface area contributed by atoms with Gasteiger partial charge in [-0.05, 0) is 44.6 Å². The fourth-order valence-corrected chi connectivity index (χ4v) is 3.42. The lowest BCUT2D eigenvalue weighted by Crippen LogP contribution is -2.47. The first-order valence-corrected chi connectivity index (χ1v) is 8.41. The highest BCUT2D eigenvalue weighted by Crippen LogP contribution is 2.25. The van der Waals surface area contributed by atoms with Crippen molar-refractivity contribution in [3.8, 4) is 0 Å². The Morgan fingerprint density at radius 1 is 1.48 bits per heavy atom. The molecular formula is C15H21BrClN3O. The third-order valence-electron chi connectivity index (χ3n) is 3.74. The van der Waals surface area contributed by atoms with Crippen LogP contribution in [0.15, 0.2) is 22.7 Å². The molecule has 0 bridgehead atoms. The van der Waals surface area contributed by atoms with E-state index in [0.29, 0.717) is 23.3 Å². The zero-order chi connectivity index (χ0) is 15.2. The van der Waals surface area contributed by atoms with Crippen LogP contribution in [-0.2, 0) is 4.79 Å². The van der Waals surface area contributed by atoms with Crippen molar-refractivity contribution in [2.45, 2.75) is 25.3 Å². The molecule has 1 aliphatic rings. The van der Waals surface area contributed by atoms with Crippen LogP contribution in [0, 0.1) is 0 Å². The van der Waals surface area contributed by atoms with Crippen molar-refractivity contribution in [3.63, 3.8) is 0 Å². The summed E-state index contributed by atoms with van der Waals surface area (Å²) in [4.78, 5) is 14.5. The van der Waals surface area contributed by atoms with Gasteiger partial charge in [0.15, 0.2) is 0 Å². The number of rotatable bonds is 5. The van der Waals surface area contributed by atoms with Crippen LogP contribution in [0.1, 0.15) is 19.3 Å². The van der Waals surface area contributed by atoms with Crippen LogP contribution in [-0.4, -0.2) is 43.5 Å². The average molecular weight is 375 g/mol. The van der Waals surface area contributed by atoms with Crippen molar-refractivity contribution in [2.24, 2.45) is 0 Å². The van der Waals surface area contributed by atoms with Crippen molar-refractivity contribution in [1.29, 1.82) is 0 Å². The van der Waals surface area contributed by atoms with Gasteiger partial charge in [-0.1, -0.05) is 34.0 Å². The zero-order valence-electron chi connectivity index (χ0n) is 12.2. The van der Waals surface area contributed by atoms with Gasteiger partial charge in [0.05, 0.1) is 17.3 Å². The molecule has 2 N–H and O–H groups in total. The van der Waals surface area contributed by atoms with Crippen molar-refractivity contribution < 1.29 is 4.79 Å². The number of carbonyl (C=O) groups excluding carboxylic acids is 1. The average Bonchev–Trinajstić information content (AvgIpc) is 2.44. The Kier molecular flexibility index (Phi) is 6.48. The fraction of sp³-hybridized carbons (Fsp3) is 0.533. The third kappa shape index (κ3) is 4.95. The lowest BCUT2D eigenvalue weighted by molar-refractivity contribution is -0.118. The monoisotopic (exact) mass is 373 g/mol. The van der Waals surface area contributed by atoms with Gasteiger partial charge in [0, 0.05) is 17.1 Å². The fourth-order valence-electron chi connectivity index (χ4n) is 2.70. The van der Waals surface area contributed by atoms with E-state index in [4.69, 9.17) is 11.6 Å². The molecule has 1 aromatic carbocycles. The molecule has 1 atom stereocenters. The summed E-state index contributed by atoms with van der Waals surface area (Å²) in [6, 6.07) is 5.90. The number of piperidine rings is 1. The molecular weight excluding hydrogens is 354 g/mol. The molecule has 0 radical (unpaired) electrons. The van der Waals surface area contributed by atoms with Crippen LogP contribution in [0.3, 0.4) is 0 Å². The Morgan fingerprint density at radius 2 is 2.29 bits per heavy atom. The molecule has 1 amide bonds. The van der Waals surface area contributed by atoms with E-state index >= 15 is 0 Å². The highest BCUT2D eigenvalue weighted by atomic mass is 79.9. The predicted molar refractivity (Wildman–Crippen MR) is 90.9 cm³/mol. The lowest BCUT2D eigenvalue weighted by atomic mass is 10.0. The summed E-state index contributed by atoms with van der Waals surface area (Å²) < 4.78 is 0.899. The number of nitrogens with zero attached hydrogens (tertiary/aromatic N) is 1. The summed E-state index contributed by atoms with van der Waals surface area (Å²) in [7, 11) is 1.95. The summed E-state index contributed by atoms with van der Waals surface area (Å²) in [5.41, 5.74) is 0.659. The van der Waals surface area contributed by atoms with Gasteiger partial charge in [-0.15, -0.1) is 0 Å². The Bertz CT molecular complexity index is 496. The van der Waals surface area contributed by atoms with Crippen LogP contribution in [0.2, 0.25) is 5.02 Å². The van der Waals surface area contributed by atoms with Crippen molar-refractivity contribution in [3.05, 3.63) is 27.7 Å². The maximum absolute atomic E-state index is 12.2. The molecule has 0 spiro atoms. The molecule has 0 saturated carbocycles. The van der Waals surface area contributed by atoms with Gasteiger partial charge >= 0.3 is 0 Å². The highest BCUT2D eigenvalue weighted by Gasteiger charge is 2.23. The molecule has 1 aliphatic heterocycles. The number of benzene rings is 1.